The minimum absolute atomic E-state index is 0.0512. The van der Waals surface area contributed by atoms with E-state index in [1.807, 2.05) is 25.1 Å². The van der Waals surface area contributed by atoms with E-state index in [-0.39, 0.29) is 17.2 Å². The van der Waals surface area contributed by atoms with Gasteiger partial charge in [-0.2, -0.15) is 0 Å². The number of nitrogens with one attached hydrogen (secondary N) is 1. The largest absolute Gasteiger partial charge is 0.324 e. The van der Waals surface area contributed by atoms with E-state index in [2.05, 4.69) is 10.3 Å². The van der Waals surface area contributed by atoms with Crippen LogP contribution in [0.25, 0.3) is 16.6 Å². The van der Waals surface area contributed by atoms with Gasteiger partial charge in [-0.05, 0) is 48.9 Å². The maximum atomic E-state index is 13.3. The third-order valence-corrected chi connectivity index (χ3v) is 6.31. The molecule has 0 unspecified atom stereocenters. The lowest BCUT2D eigenvalue weighted by atomic mass is 10.2. The quantitative estimate of drug-likeness (QED) is 0.299. The van der Waals surface area contributed by atoms with Crippen molar-refractivity contribution in [3.63, 3.8) is 0 Å². The smallest absolute Gasteiger partial charge is 0.266 e. The molecule has 0 saturated heterocycles. The number of aryl methyl sites for hydroxylation is 1. The van der Waals surface area contributed by atoms with Gasteiger partial charge in [0.1, 0.15) is 0 Å². The summed E-state index contributed by atoms with van der Waals surface area (Å²) < 4.78 is 1.49. The van der Waals surface area contributed by atoms with Crippen LogP contribution in [0.1, 0.15) is 5.56 Å². The zero-order chi connectivity index (χ0) is 22.0. The van der Waals surface area contributed by atoms with Crippen LogP contribution in [0.3, 0.4) is 0 Å². The Morgan fingerprint density at radius 2 is 1.77 bits per heavy atom. The van der Waals surface area contributed by atoms with Gasteiger partial charge >= 0.3 is 0 Å². The Kier molecular flexibility index (Phi) is 6.32. The third kappa shape index (κ3) is 4.61. The lowest BCUT2D eigenvalue weighted by Gasteiger charge is -2.14. The summed E-state index contributed by atoms with van der Waals surface area (Å²) in [7, 11) is 0. The zero-order valence-electron chi connectivity index (χ0n) is 16.4. The van der Waals surface area contributed by atoms with E-state index in [1.165, 1.54) is 16.3 Å². The SMILES string of the molecule is Cc1ccc(-n2c(SCC(=O)Nc3ccccc3Cl)nc3ccccc3c2=O)cc1Cl. The third-order valence-electron chi connectivity index (χ3n) is 4.64. The number of aromatic nitrogens is 2. The maximum Gasteiger partial charge on any atom is 0.266 e. The average molecular weight is 470 g/mol. The predicted molar refractivity (Wildman–Crippen MR) is 128 cm³/mol. The monoisotopic (exact) mass is 469 g/mol. The first-order valence-electron chi connectivity index (χ1n) is 9.39. The fourth-order valence-electron chi connectivity index (χ4n) is 3.04. The molecule has 4 aromatic rings. The molecule has 5 nitrogen and oxygen atoms in total. The van der Waals surface area contributed by atoms with Gasteiger partial charge in [0, 0.05) is 5.02 Å². The van der Waals surface area contributed by atoms with E-state index in [9.17, 15) is 9.59 Å². The van der Waals surface area contributed by atoms with E-state index in [4.69, 9.17) is 23.2 Å². The standard InChI is InChI=1S/C23H17Cl2N3O2S/c1-14-10-11-15(12-18(14)25)28-22(30)16-6-2-4-8-19(16)27-23(28)31-13-21(29)26-20-9-5-3-7-17(20)24/h2-12H,13H2,1H3,(H,26,29). The van der Waals surface area contributed by atoms with E-state index in [1.54, 1.807) is 48.5 Å². The molecule has 1 heterocycles. The summed E-state index contributed by atoms with van der Waals surface area (Å²) in [6, 6.07) is 19.5. The highest BCUT2D eigenvalue weighted by Gasteiger charge is 2.16. The minimum Gasteiger partial charge on any atom is -0.324 e. The molecular weight excluding hydrogens is 453 g/mol. The van der Waals surface area contributed by atoms with Crippen molar-refractivity contribution in [2.24, 2.45) is 0 Å². The van der Waals surface area contributed by atoms with Crippen LogP contribution >= 0.6 is 35.0 Å². The molecule has 0 aliphatic carbocycles. The molecule has 0 radical (unpaired) electrons. The van der Waals surface area contributed by atoms with E-state index in [0.717, 1.165) is 5.56 Å². The first kappa shape index (κ1) is 21.4. The topological polar surface area (TPSA) is 64.0 Å². The summed E-state index contributed by atoms with van der Waals surface area (Å²) >= 11 is 13.6. The van der Waals surface area contributed by atoms with Gasteiger partial charge in [-0.15, -0.1) is 0 Å². The van der Waals surface area contributed by atoms with Crippen LogP contribution in [0.15, 0.2) is 76.7 Å². The Hall–Kier alpha value is -2.80. The molecule has 0 spiro atoms. The van der Waals surface area contributed by atoms with E-state index < -0.39 is 0 Å². The van der Waals surface area contributed by atoms with Gasteiger partial charge in [-0.25, -0.2) is 4.98 Å². The Balaban J connectivity index is 1.70. The van der Waals surface area contributed by atoms with Crippen LogP contribution in [0.5, 0.6) is 0 Å². The molecule has 1 aromatic heterocycles. The maximum absolute atomic E-state index is 13.3. The fraction of sp³-hybridized carbons (Fsp3) is 0.0870. The number of amides is 1. The van der Waals surface area contributed by atoms with Crippen LogP contribution in [-0.2, 0) is 4.79 Å². The van der Waals surface area contributed by atoms with Gasteiger partial charge in [0.2, 0.25) is 5.91 Å². The minimum atomic E-state index is -0.256. The highest BCUT2D eigenvalue weighted by Crippen LogP contribution is 2.25. The van der Waals surface area contributed by atoms with Crippen molar-refractivity contribution in [2.75, 3.05) is 11.1 Å². The summed E-state index contributed by atoms with van der Waals surface area (Å²) in [4.78, 5) is 30.4. The summed E-state index contributed by atoms with van der Waals surface area (Å²) in [5.41, 5.74) is 2.37. The Morgan fingerprint density at radius 3 is 2.55 bits per heavy atom. The Labute approximate surface area is 193 Å². The van der Waals surface area contributed by atoms with Gasteiger partial charge in [-0.3, -0.25) is 14.2 Å². The van der Waals surface area contributed by atoms with Crippen LogP contribution in [0.2, 0.25) is 10.0 Å². The second-order valence-corrected chi connectivity index (χ2v) is 8.56. The number of carbonyl (C=O) groups is 1. The summed E-state index contributed by atoms with van der Waals surface area (Å²) in [5, 5.41) is 4.67. The van der Waals surface area contributed by atoms with Crippen LogP contribution in [0.4, 0.5) is 5.69 Å². The highest BCUT2D eigenvalue weighted by atomic mass is 35.5. The number of hydrogen-bond acceptors (Lipinski definition) is 4. The van der Waals surface area contributed by atoms with Crippen molar-refractivity contribution in [3.8, 4) is 5.69 Å². The van der Waals surface area contributed by atoms with Gasteiger partial charge < -0.3 is 5.32 Å². The van der Waals surface area contributed by atoms with Crippen LogP contribution < -0.4 is 10.9 Å². The zero-order valence-corrected chi connectivity index (χ0v) is 18.8. The molecule has 0 aliphatic rings. The summed E-state index contributed by atoms with van der Waals surface area (Å²) in [5.74, 6) is -0.204. The first-order chi connectivity index (χ1) is 14.9. The number of thioether (sulfide) groups is 1. The second-order valence-electron chi connectivity index (χ2n) is 6.80. The van der Waals surface area contributed by atoms with Crippen molar-refractivity contribution in [3.05, 3.63) is 92.7 Å². The molecule has 0 fully saturated rings. The number of rotatable bonds is 5. The van der Waals surface area contributed by atoms with Crippen molar-refractivity contribution >= 4 is 57.5 Å². The van der Waals surface area contributed by atoms with Gasteiger partial charge in [0.05, 0.1) is 33.1 Å². The van der Waals surface area contributed by atoms with Gasteiger partial charge in [-0.1, -0.05) is 65.3 Å². The van der Waals surface area contributed by atoms with Gasteiger partial charge in [0.15, 0.2) is 5.16 Å². The molecule has 3 aromatic carbocycles. The van der Waals surface area contributed by atoms with E-state index in [0.29, 0.717) is 37.5 Å². The number of benzene rings is 3. The molecule has 156 valence electrons. The fourth-order valence-corrected chi connectivity index (χ4v) is 4.21. The van der Waals surface area contributed by atoms with Crippen molar-refractivity contribution in [1.29, 1.82) is 0 Å². The molecule has 31 heavy (non-hydrogen) atoms. The second kappa shape index (κ2) is 9.14. The molecule has 0 atom stereocenters. The predicted octanol–water partition coefficient (Wildman–Crippen LogP) is 5.73. The number of anilines is 1. The number of nitrogens with zero attached hydrogens (tertiary/aromatic N) is 2. The van der Waals surface area contributed by atoms with Crippen molar-refractivity contribution in [1.82, 2.24) is 9.55 Å². The normalized spacial score (nSPS) is 10.9. The Bertz CT molecular complexity index is 1350. The molecule has 0 saturated carbocycles. The van der Waals surface area contributed by atoms with Gasteiger partial charge in [0.25, 0.3) is 5.56 Å². The molecule has 0 bridgehead atoms. The first-order valence-corrected chi connectivity index (χ1v) is 11.1. The molecule has 0 aliphatic heterocycles. The number of hydrogen-bond donors (Lipinski definition) is 1. The molecular formula is C23H17Cl2N3O2S. The number of para-hydroxylation sites is 2. The summed E-state index contributed by atoms with van der Waals surface area (Å²) in [6.45, 7) is 1.89. The molecule has 1 N–H and O–H groups in total. The van der Waals surface area contributed by atoms with Crippen LogP contribution in [-0.4, -0.2) is 21.2 Å². The number of halogens is 2. The summed E-state index contributed by atoms with van der Waals surface area (Å²) in [6.07, 6.45) is 0. The lowest BCUT2D eigenvalue weighted by molar-refractivity contribution is -0.113. The van der Waals surface area contributed by atoms with Crippen LogP contribution in [0, 0.1) is 6.92 Å². The van der Waals surface area contributed by atoms with E-state index >= 15 is 0 Å². The Morgan fingerprint density at radius 1 is 1.03 bits per heavy atom. The number of fused-ring (bicyclic) bond motifs is 1. The molecule has 1 amide bonds. The highest BCUT2D eigenvalue weighted by molar-refractivity contribution is 7.99. The average Bonchev–Trinajstić information content (AvgIpc) is 2.76. The van der Waals surface area contributed by atoms with Crippen molar-refractivity contribution in [2.45, 2.75) is 12.1 Å². The van der Waals surface area contributed by atoms with Crippen molar-refractivity contribution < 1.29 is 4.79 Å². The molecule has 8 heteroatoms. The number of carbonyl (C=O) groups excluding carboxylic acids is 1. The molecule has 4 rings (SSSR count). The lowest BCUT2D eigenvalue weighted by Crippen LogP contribution is -2.23.